The van der Waals surface area contributed by atoms with E-state index in [1.807, 2.05) is 4.57 Å². The number of hydrogen-bond acceptors (Lipinski definition) is 6. The van der Waals surface area contributed by atoms with Crippen molar-refractivity contribution in [3.05, 3.63) is 72.6 Å². The minimum atomic E-state index is -0.411. The summed E-state index contributed by atoms with van der Waals surface area (Å²) < 4.78 is 31.7. The lowest BCUT2D eigenvalue weighted by molar-refractivity contribution is -0.0227. The maximum atomic E-state index is 13.4. The number of pyridine rings is 1. The lowest BCUT2D eigenvalue weighted by atomic mass is 10.1. The SMILES string of the molecule is COc1cc(NC(=O)c2ccc(-c3c(-c4ccc(F)cc4)ncn3C3COC3)o2)ccn1. The van der Waals surface area contributed by atoms with Crippen molar-refractivity contribution >= 4 is 11.6 Å². The predicted molar refractivity (Wildman–Crippen MR) is 114 cm³/mol. The predicted octanol–water partition coefficient (Wildman–Crippen LogP) is 4.18. The van der Waals surface area contributed by atoms with Gasteiger partial charge in [-0.05, 0) is 42.5 Å². The number of aromatic nitrogens is 3. The molecule has 32 heavy (non-hydrogen) atoms. The minimum Gasteiger partial charge on any atom is -0.481 e. The number of nitrogens with one attached hydrogen (secondary N) is 1. The lowest BCUT2D eigenvalue weighted by Crippen LogP contribution is -2.30. The topological polar surface area (TPSA) is 91.4 Å². The van der Waals surface area contributed by atoms with Gasteiger partial charge in [0.15, 0.2) is 11.5 Å². The molecule has 1 aliphatic heterocycles. The molecule has 0 radical (unpaired) electrons. The third-order valence-corrected chi connectivity index (χ3v) is 5.19. The molecule has 1 aliphatic rings. The third kappa shape index (κ3) is 3.74. The molecule has 1 amide bonds. The molecule has 4 heterocycles. The Labute approximate surface area is 182 Å². The van der Waals surface area contributed by atoms with Crippen molar-refractivity contribution in [1.29, 1.82) is 0 Å². The summed E-state index contributed by atoms with van der Waals surface area (Å²) in [6.07, 6.45) is 3.25. The highest BCUT2D eigenvalue weighted by Gasteiger charge is 2.28. The zero-order chi connectivity index (χ0) is 22.1. The van der Waals surface area contributed by atoms with Gasteiger partial charge >= 0.3 is 0 Å². The van der Waals surface area contributed by atoms with E-state index >= 15 is 0 Å². The van der Waals surface area contributed by atoms with Crippen molar-refractivity contribution in [3.8, 4) is 28.6 Å². The minimum absolute atomic E-state index is 0.110. The van der Waals surface area contributed by atoms with Gasteiger partial charge in [-0.15, -0.1) is 0 Å². The Hall–Kier alpha value is -3.98. The number of halogens is 1. The Kier molecular flexibility index (Phi) is 5.16. The number of methoxy groups -OCH3 is 1. The average Bonchev–Trinajstić information content (AvgIpc) is 3.41. The van der Waals surface area contributed by atoms with Crippen molar-refractivity contribution in [1.82, 2.24) is 14.5 Å². The van der Waals surface area contributed by atoms with Gasteiger partial charge in [0.2, 0.25) is 5.88 Å². The van der Waals surface area contributed by atoms with E-state index in [0.717, 1.165) is 5.56 Å². The standard InChI is InChI=1S/C23H19FN4O4/c1-30-20-10-16(8-9-25-20)27-23(29)19-7-6-18(32-19)22-21(14-2-4-15(24)5-3-14)26-13-28(22)17-11-31-12-17/h2-10,13,17H,11-12H2,1H3,(H,25,27,29). The number of carbonyl (C=O) groups is 1. The van der Waals surface area contributed by atoms with E-state index in [4.69, 9.17) is 13.9 Å². The van der Waals surface area contributed by atoms with Crippen LogP contribution in [0.2, 0.25) is 0 Å². The van der Waals surface area contributed by atoms with Crippen LogP contribution in [0.3, 0.4) is 0 Å². The first-order valence-corrected chi connectivity index (χ1v) is 9.94. The highest BCUT2D eigenvalue weighted by molar-refractivity contribution is 6.02. The van der Waals surface area contributed by atoms with Gasteiger partial charge in [-0.2, -0.15) is 0 Å². The van der Waals surface area contributed by atoms with E-state index in [-0.39, 0.29) is 17.6 Å². The van der Waals surface area contributed by atoms with Gasteiger partial charge in [0.1, 0.15) is 11.5 Å². The Balaban J connectivity index is 1.48. The molecule has 1 N–H and O–H groups in total. The van der Waals surface area contributed by atoms with Gasteiger partial charge in [0.05, 0.1) is 38.4 Å². The van der Waals surface area contributed by atoms with Crippen LogP contribution in [0.1, 0.15) is 16.6 Å². The molecule has 1 saturated heterocycles. The maximum absolute atomic E-state index is 13.4. The number of furan rings is 1. The van der Waals surface area contributed by atoms with Gasteiger partial charge in [-0.25, -0.2) is 14.4 Å². The van der Waals surface area contributed by atoms with Crippen molar-refractivity contribution in [2.75, 3.05) is 25.6 Å². The summed E-state index contributed by atoms with van der Waals surface area (Å²) in [5, 5.41) is 2.77. The van der Waals surface area contributed by atoms with Gasteiger partial charge in [-0.1, -0.05) is 0 Å². The second kappa shape index (κ2) is 8.27. The quantitative estimate of drug-likeness (QED) is 0.490. The van der Waals surface area contributed by atoms with Crippen LogP contribution in [0.25, 0.3) is 22.7 Å². The fraction of sp³-hybridized carbons (Fsp3) is 0.174. The normalized spacial score (nSPS) is 13.6. The second-order valence-electron chi connectivity index (χ2n) is 7.25. The smallest absolute Gasteiger partial charge is 0.291 e. The van der Waals surface area contributed by atoms with Crippen molar-refractivity contribution in [2.45, 2.75) is 6.04 Å². The summed E-state index contributed by atoms with van der Waals surface area (Å²) in [5.74, 6) is 0.265. The van der Waals surface area contributed by atoms with Gasteiger partial charge < -0.3 is 23.8 Å². The molecular formula is C23H19FN4O4. The van der Waals surface area contributed by atoms with Crippen LogP contribution < -0.4 is 10.1 Å². The molecule has 0 bridgehead atoms. The molecule has 0 unspecified atom stereocenters. The molecule has 162 valence electrons. The van der Waals surface area contributed by atoms with Crippen LogP contribution in [0, 0.1) is 5.82 Å². The Morgan fingerprint density at radius 1 is 1.16 bits per heavy atom. The highest BCUT2D eigenvalue weighted by Crippen LogP contribution is 2.36. The molecule has 1 fully saturated rings. The zero-order valence-electron chi connectivity index (χ0n) is 17.1. The fourth-order valence-electron chi connectivity index (χ4n) is 3.46. The number of carbonyl (C=O) groups excluding carboxylic acids is 1. The number of rotatable bonds is 6. The summed E-state index contributed by atoms with van der Waals surface area (Å²) in [7, 11) is 1.50. The van der Waals surface area contributed by atoms with E-state index in [1.165, 1.54) is 25.4 Å². The van der Waals surface area contributed by atoms with E-state index in [2.05, 4.69) is 15.3 Å². The fourth-order valence-corrected chi connectivity index (χ4v) is 3.46. The van der Waals surface area contributed by atoms with E-state index in [0.29, 0.717) is 41.9 Å². The number of anilines is 1. The van der Waals surface area contributed by atoms with Crippen LogP contribution >= 0.6 is 0 Å². The van der Waals surface area contributed by atoms with E-state index in [9.17, 15) is 9.18 Å². The average molecular weight is 434 g/mol. The van der Waals surface area contributed by atoms with E-state index in [1.54, 1.807) is 42.7 Å². The van der Waals surface area contributed by atoms with Crippen LogP contribution in [0.15, 0.2) is 65.5 Å². The molecule has 1 aromatic carbocycles. The molecule has 4 aromatic rings. The van der Waals surface area contributed by atoms with Gasteiger partial charge in [0, 0.05) is 23.5 Å². The van der Waals surface area contributed by atoms with Crippen LogP contribution in [-0.2, 0) is 4.74 Å². The molecule has 9 heteroatoms. The first-order valence-electron chi connectivity index (χ1n) is 9.94. The number of imidazole rings is 1. The first kappa shape index (κ1) is 20.0. The molecule has 0 atom stereocenters. The van der Waals surface area contributed by atoms with Crippen molar-refractivity contribution in [3.63, 3.8) is 0 Å². The Bertz CT molecular complexity index is 1260. The second-order valence-corrected chi connectivity index (χ2v) is 7.25. The summed E-state index contributed by atoms with van der Waals surface area (Å²) in [4.78, 5) is 21.3. The van der Waals surface area contributed by atoms with Gasteiger partial charge in [-0.3, -0.25) is 4.79 Å². The van der Waals surface area contributed by atoms with Gasteiger partial charge in [0.25, 0.3) is 5.91 Å². The molecular weight excluding hydrogens is 415 g/mol. The third-order valence-electron chi connectivity index (χ3n) is 5.19. The van der Waals surface area contributed by atoms with Crippen LogP contribution in [0.4, 0.5) is 10.1 Å². The Morgan fingerprint density at radius 2 is 1.97 bits per heavy atom. The molecule has 5 rings (SSSR count). The van der Waals surface area contributed by atoms with E-state index < -0.39 is 5.91 Å². The van der Waals surface area contributed by atoms with Crippen LogP contribution in [0.5, 0.6) is 5.88 Å². The number of benzene rings is 1. The summed E-state index contributed by atoms with van der Waals surface area (Å²) in [5.41, 5.74) is 2.61. The summed E-state index contributed by atoms with van der Waals surface area (Å²) >= 11 is 0. The van der Waals surface area contributed by atoms with Crippen LogP contribution in [-0.4, -0.2) is 40.8 Å². The molecule has 3 aromatic heterocycles. The number of ether oxygens (including phenoxy) is 2. The molecule has 0 saturated carbocycles. The monoisotopic (exact) mass is 434 g/mol. The zero-order valence-corrected chi connectivity index (χ0v) is 17.1. The van der Waals surface area contributed by atoms with Crippen molar-refractivity contribution < 1.29 is 23.1 Å². The van der Waals surface area contributed by atoms with Crippen molar-refractivity contribution in [2.24, 2.45) is 0 Å². The number of amides is 1. The molecule has 0 spiro atoms. The lowest BCUT2D eigenvalue weighted by Gasteiger charge is -2.28. The first-order chi connectivity index (χ1) is 15.6. The number of hydrogen-bond donors (Lipinski definition) is 1. The molecule has 0 aliphatic carbocycles. The molecule has 8 nitrogen and oxygen atoms in total. The largest absolute Gasteiger partial charge is 0.481 e. The summed E-state index contributed by atoms with van der Waals surface area (Å²) in [6, 6.07) is 12.8. The number of nitrogens with zero attached hydrogens (tertiary/aromatic N) is 3. The Morgan fingerprint density at radius 3 is 2.69 bits per heavy atom. The maximum Gasteiger partial charge on any atom is 0.291 e. The highest BCUT2D eigenvalue weighted by atomic mass is 19.1. The summed E-state index contributed by atoms with van der Waals surface area (Å²) in [6.45, 7) is 1.12.